The van der Waals surface area contributed by atoms with Crippen LogP contribution in [0.3, 0.4) is 0 Å². The zero-order valence-corrected chi connectivity index (χ0v) is 22.1. The Balaban J connectivity index is 1.42. The number of amides is 2. The summed E-state index contributed by atoms with van der Waals surface area (Å²) in [4.78, 5) is 56.1. The molecular formula is C28H22ClN3O5S. The van der Waals surface area contributed by atoms with Crippen molar-refractivity contribution in [2.75, 3.05) is 11.5 Å². The minimum Gasteiger partial charge on any atom is -0.454 e. The van der Waals surface area contributed by atoms with Gasteiger partial charge in [0.15, 0.2) is 12.4 Å². The Hall–Kier alpha value is -4.00. The SMILES string of the molecule is CC(C)c1ccc(C#N)c(SC2CC(=O)N(c3ccc(C(=O)OCC(=O)c4ccc(Cl)cc4)cc3)C2=O)n1. The Morgan fingerprint density at radius 1 is 1.08 bits per heavy atom. The van der Waals surface area contributed by atoms with Crippen LogP contribution in [0.4, 0.5) is 5.69 Å². The van der Waals surface area contributed by atoms with Crippen molar-refractivity contribution in [1.29, 1.82) is 5.26 Å². The number of nitrogens with zero attached hydrogens (tertiary/aromatic N) is 3. The minimum atomic E-state index is -0.729. The van der Waals surface area contributed by atoms with Crippen LogP contribution in [0, 0.1) is 11.3 Å². The molecule has 1 unspecified atom stereocenters. The second-order valence-electron chi connectivity index (χ2n) is 8.79. The zero-order chi connectivity index (χ0) is 27.4. The molecule has 0 saturated carbocycles. The summed E-state index contributed by atoms with van der Waals surface area (Å²) in [5, 5.41) is 9.62. The number of halogens is 1. The summed E-state index contributed by atoms with van der Waals surface area (Å²) < 4.78 is 5.11. The van der Waals surface area contributed by atoms with Crippen molar-refractivity contribution < 1.29 is 23.9 Å². The number of Topliss-reactive ketones (excluding diaryl/α,β-unsaturated/α-hetero) is 1. The first-order valence-electron chi connectivity index (χ1n) is 11.7. The first-order valence-corrected chi connectivity index (χ1v) is 12.9. The molecular weight excluding hydrogens is 526 g/mol. The summed E-state index contributed by atoms with van der Waals surface area (Å²) in [6, 6.07) is 17.6. The molecule has 8 nitrogen and oxygen atoms in total. The Kier molecular flexibility index (Phi) is 8.25. The second-order valence-corrected chi connectivity index (χ2v) is 10.4. The van der Waals surface area contributed by atoms with Crippen molar-refractivity contribution in [2.24, 2.45) is 0 Å². The van der Waals surface area contributed by atoms with Gasteiger partial charge in [-0.1, -0.05) is 37.2 Å². The largest absolute Gasteiger partial charge is 0.454 e. The number of esters is 1. The number of thioether (sulfide) groups is 1. The predicted octanol–water partition coefficient (Wildman–Crippen LogP) is 5.19. The fourth-order valence-corrected chi connectivity index (χ4v) is 4.96. The van der Waals surface area contributed by atoms with E-state index in [4.69, 9.17) is 16.3 Å². The number of rotatable bonds is 8. The molecule has 4 rings (SSSR count). The van der Waals surface area contributed by atoms with Gasteiger partial charge in [-0.25, -0.2) is 14.7 Å². The van der Waals surface area contributed by atoms with Gasteiger partial charge in [0.05, 0.1) is 22.1 Å². The number of carbonyl (C=O) groups excluding carboxylic acids is 4. The van der Waals surface area contributed by atoms with Crippen LogP contribution in [0.25, 0.3) is 0 Å². The number of carbonyl (C=O) groups is 4. The number of nitriles is 1. The first-order chi connectivity index (χ1) is 18.2. The average molecular weight is 548 g/mol. The van der Waals surface area contributed by atoms with Crippen molar-refractivity contribution in [1.82, 2.24) is 4.98 Å². The highest BCUT2D eigenvalue weighted by molar-refractivity contribution is 8.00. The quantitative estimate of drug-likeness (QED) is 0.215. The molecule has 0 bridgehead atoms. The highest BCUT2D eigenvalue weighted by atomic mass is 35.5. The predicted molar refractivity (Wildman–Crippen MR) is 142 cm³/mol. The summed E-state index contributed by atoms with van der Waals surface area (Å²) in [7, 11) is 0. The van der Waals surface area contributed by atoms with Crippen molar-refractivity contribution in [3.05, 3.63) is 88.1 Å². The summed E-state index contributed by atoms with van der Waals surface area (Å²) in [5.41, 5.74) is 1.97. The maximum atomic E-state index is 13.1. The highest BCUT2D eigenvalue weighted by Gasteiger charge is 2.40. The van der Waals surface area contributed by atoms with Crippen LogP contribution in [0.2, 0.25) is 5.02 Å². The normalized spacial score (nSPS) is 15.0. The molecule has 1 aromatic heterocycles. The lowest BCUT2D eigenvalue weighted by molar-refractivity contribution is -0.121. The molecule has 0 spiro atoms. The van der Waals surface area contributed by atoms with Crippen LogP contribution in [-0.4, -0.2) is 40.4 Å². The monoisotopic (exact) mass is 547 g/mol. The van der Waals surface area contributed by atoms with Gasteiger partial charge in [0.1, 0.15) is 11.1 Å². The van der Waals surface area contributed by atoms with Gasteiger partial charge in [-0.15, -0.1) is 0 Å². The third-order valence-corrected chi connectivity index (χ3v) is 7.25. The molecule has 192 valence electrons. The van der Waals surface area contributed by atoms with Gasteiger partial charge >= 0.3 is 5.97 Å². The van der Waals surface area contributed by atoms with E-state index in [2.05, 4.69) is 11.1 Å². The molecule has 1 aliphatic rings. The van der Waals surface area contributed by atoms with Gasteiger partial charge in [0.2, 0.25) is 11.8 Å². The Labute approximate surface area is 228 Å². The summed E-state index contributed by atoms with van der Waals surface area (Å²) in [6.07, 6.45) is -0.0431. The summed E-state index contributed by atoms with van der Waals surface area (Å²) >= 11 is 6.92. The molecule has 0 N–H and O–H groups in total. The molecule has 1 aliphatic heterocycles. The van der Waals surface area contributed by atoms with Crippen molar-refractivity contribution in [3.8, 4) is 6.07 Å². The van der Waals surface area contributed by atoms with E-state index in [-0.39, 0.29) is 23.7 Å². The third kappa shape index (κ3) is 5.93. The van der Waals surface area contributed by atoms with Crippen LogP contribution in [0.1, 0.15) is 58.2 Å². The van der Waals surface area contributed by atoms with E-state index < -0.39 is 29.6 Å². The lowest BCUT2D eigenvalue weighted by Crippen LogP contribution is -2.31. The van der Waals surface area contributed by atoms with E-state index in [0.29, 0.717) is 26.9 Å². The maximum absolute atomic E-state index is 13.1. The molecule has 2 heterocycles. The van der Waals surface area contributed by atoms with Crippen LogP contribution in [0.5, 0.6) is 0 Å². The van der Waals surface area contributed by atoms with Crippen molar-refractivity contribution >= 4 is 52.6 Å². The minimum absolute atomic E-state index is 0.0431. The highest BCUT2D eigenvalue weighted by Crippen LogP contribution is 2.35. The number of hydrogen-bond donors (Lipinski definition) is 0. The van der Waals surface area contributed by atoms with E-state index in [1.165, 1.54) is 24.3 Å². The van der Waals surface area contributed by atoms with E-state index in [0.717, 1.165) is 22.4 Å². The molecule has 0 radical (unpaired) electrons. The Morgan fingerprint density at radius 3 is 2.37 bits per heavy atom. The number of anilines is 1. The van der Waals surface area contributed by atoms with E-state index in [1.54, 1.807) is 36.4 Å². The molecule has 2 aromatic carbocycles. The van der Waals surface area contributed by atoms with E-state index in [9.17, 15) is 24.4 Å². The molecule has 10 heteroatoms. The Bertz CT molecular complexity index is 1450. The molecule has 3 aromatic rings. The van der Waals surface area contributed by atoms with Crippen LogP contribution in [0.15, 0.2) is 65.7 Å². The van der Waals surface area contributed by atoms with Gasteiger partial charge in [-0.05, 0) is 66.6 Å². The van der Waals surface area contributed by atoms with E-state index >= 15 is 0 Å². The molecule has 38 heavy (non-hydrogen) atoms. The smallest absolute Gasteiger partial charge is 0.338 e. The molecule has 1 saturated heterocycles. The van der Waals surface area contributed by atoms with Crippen LogP contribution < -0.4 is 4.90 Å². The summed E-state index contributed by atoms with van der Waals surface area (Å²) in [6.45, 7) is 3.51. The molecule has 2 amide bonds. The molecule has 0 aliphatic carbocycles. The Morgan fingerprint density at radius 2 is 1.74 bits per heavy atom. The van der Waals surface area contributed by atoms with Crippen LogP contribution >= 0.6 is 23.4 Å². The standard InChI is InChI=1S/C28H22ClN3O5S/c1-16(2)22-12-7-19(14-30)26(31-22)38-24-13-25(34)32(27(24)35)21-10-5-18(6-11-21)28(36)37-15-23(33)17-3-8-20(29)9-4-17/h3-12,16,24H,13,15H2,1-2H3. The number of aromatic nitrogens is 1. The second kappa shape index (κ2) is 11.6. The summed E-state index contributed by atoms with van der Waals surface area (Å²) in [5.74, 6) is -1.78. The number of imide groups is 1. The molecule has 1 atom stereocenters. The van der Waals surface area contributed by atoms with Crippen molar-refractivity contribution in [2.45, 2.75) is 36.5 Å². The van der Waals surface area contributed by atoms with E-state index in [1.807, 2.05) is 13.8 Å². The zero-order valence-electron chi connectivity index (χ0n) is 20.5. The number of ketones is 1. The first kappa shape index (κ1) is 27.0. The molecule has 1 fully saturated rings. The number of ether oxygens (including phenoxy) is 1. The third-order valence-electron chi connectivity index (χ3n) is 5.81. The maximum Gasteiger partial charge on any atom is 0.338 e. The van der Waals surface area contributed by atoms with Gasteiger partial charge in [0.25, 0.3) is 0 Å². The number of pyridine rings is 1. The lowest BCUT2D eigenvalue weighted by Gasteiger charge is -2.16. The lowest BCUT2D eigenvalue weighted by atomic mass is 10.1. The van der Waals surface area contributed by atoms with Gasteiger partial charge in [0, 0.05) is 22.7 Å². The van der Waals surface area contributed by atoms with Crippen molar-refractivity contribution in [3.63, 3.8) is 0 Å². The van der Waals surface area contributed by atoms with Gasteiger partial charge < -0.3 is 4.74 Å². The fraction of sp³-hybridized carbons (Fsp3) is 0.214. The average Bonchev–Trinajstić information content (AvgIpc) is 3.19. The topological polar surface area (TPSA) is 117 Å². The number of benzene rings is 2. The van der Waals surface area contributed by atoms with Gasteiger partial charge in [-0.2, -0.15) is 5.26 Å². The van der Waals surface area contributed by atoms with Gasteiger partial charge in [-0.3, -0.25) is 14.4 Å². The fourth-order valence-electron chi connectivity index (χ4n) is 3.73. The van der Waals surface area contributed by atoms with Crippen LogP contribution in [-0.2, 0) is 14.3 Å². The number of hydrogen-bond acceptors (Lipinski definition) is 8.